The summed E-state index contributed by atoms with van der Waals surface area (Å²) in [6, 6.07) is 8.35. The van der Waals surface area contributed by atoms with Gasteiger partial charge in [0.2, 0.25) is 5.91 Å². The van der Waals surface area contributed by atoms with Gasteiger partial charge in [-0.15, -0.1) is 0 Å². The topological polar surface area (TPSA) is 44.4 Å². The van der Waals surface area contributed by atoms with Gasteiger partial charge in [0.15, 0.2) is 0 Å². The maximum Gasteiger partial charge on any atom is 0.226 e. The molecule has 1 aliphatic heterocycles. The van der Waals surface area contributed by atoms with E-state index in [0.717, 1.165) is 24.5 Å². The monoisotopic (exact) mass is 233 g/mol. The van der Waals surface area contributed by atoms with Gasteiger partial charge in [0.1, 0.15) is 0 Å². The molecule has 0 aromatic heterocycles. The van der Waals surface area contributed by atoms with E-state index in [9.17, 15) is 4.79 Å². The molecule has 0 saturated heterocycles. The third-order valence-corrected chi connectivity index (χ3v) is 3.10. The van der Waals surface area contributed by atoms with Crippen LogP contribution in [-0.4, -0.2) is 32.1 Å². The average molecular weight is 233 g/mol. The quantitative estimate of drug-likeness (QED) is 0.830. The Morgan fingerprint density at radius 3 is 3.00 bits per heavy atom. The molecule has 1 unspecified atom stereocenters. The third kappa shape index (κ3) is 2.58. The van der Waals surface area contributed by atoms with Gasteiger partial charge in [0.25, 0.3) is 0 Å². The van der Waals surface area contributed by atoms with Crippen molar-refractivity contribution in [3.05, 3.63) is 24.3 Å². The van der Waals surface area contributed by atoms with E-state index < -0.39 is 0 Å². The molecular weight excluding hydrogens is 214 g/mol. The van der Waals surface area contributed by atoms with Crippen molar-refractivity contribution in [3.63, 3.8) is 0 Å². The summed E-state index contributed by atoms with van der Waals surface area (Å²) in [6.07, 6.45) is 0.544. The van der Waals surface area contributed by atoms with Gasteiger partial charge in [0, 0.05) is 25.6 Å². The van der Waals surface area contributed by atoms with Crippen molar-refractivity contribution < 1.29 is 4.79 Å². The van der Waals surface area contributed by atoms with E-state index in [0.29, 0.717) is 12.5 Å². The van der Waals surface area contributed by atoms with E-state index in [1.807, 2.05) is 25.2 Å². The average Bonchev–Trinajstić information content (AvgIpc) is 2.47. The number of nitrogens with zero attached hydrogens (tertiary/aromatic N) is 1. The molecule has 4 nitrogen and oxygen atoms in total. The van der Waals surface area contributed by atoms with Crippen molar-refractivity contribution in [1.29, 1.82) is 0 Å². The Labute approximate surface area is 102 Å². The van der Waals surface area contributed by atoms with Crippen LogP contribution >= 0.6 is 0 Å². The highest BCUT2D eigenvalue weighted by Crippen LogP contribution is 2.29. The number of carbonyl (C=O) groups excluding carboxylic acids is 1. The molecule has 1 aliphatic rings. The highest BCUT2D eigenvalue weighted by atomic mass is 16.1. The molecule has 2 N–H and O–H groups in total. The zero-order valence-corrected chi connectivity index (χ0v) is 10.4. The summed E-state index contributed by atoms with van der Waals surface area (Å²) in [5.41, 5.74) is 2.03. The number of anilines is 2. The molecule has 0 bridgehead atoms. The fourth-order valence-electron chi connectivity index (χ4n) is 2.25. The number of carbonyl (C=O) groups is 1. The predicted molar refractivity (Wildman–Crippen MR) is 70.4 cm³/mol. The lowest BCUT2D eigenvalue weighted by Crippen LogP contribution is -2.40. The summed E-state index contributed by atoms with van der Waals surface area (Å²) in [5.74, 6) is 0.0941. The number of hydrogen-bond donors (Lipinski definition) is 2. The zero-order valence-electron chi connectivity index (χ0n) is 10.4. The van der Waals surface area contributed by atoms with Crippen LogP contribution in [0, 0.1) is 0 Å². The molecule has 92 valence electrons. The Kier molecular flexibility index (Phi) is 3.64. The maximum atomic E-state index is 11.6. The molecule has 1 amide bonds. The number of para-hydroxylation sites is 2. The highest BCUT2D eigenvalue weighted by Gasteiger charge is 2.21. The van der Waals surface area contributed by atoms with E-state index >= 15 is 0 Å². The van der Waals surface area contributed by atoms with E-state index in [1.165, 1.54) is 0 Å². The highest BCUT2D eigenvalue weighted by molar-refractivity contribution is 5.96. The minimum atomic E-state index is 0.0941. The van der Waals surface area contributed by atoms with Crippen LogP contribution in [0.3, 0.4) is 0 Å². The van der Waals surface area contributed by atoms with Gasteiger partial charge >= 0.3 is 0 Å². The number of nitrogens with one attached hydrogen (secondary N) is 2. The first kappa shape index (κ1) is 11.9. The van der Waals surface area contributed by atoms with E-state index in [2.05, 4.69) is 28.5 Å². The van der Waals surface area contributed by atoms with Crippen LogP contribution in [-0.2, 0) is 4.79 Å². The Balaban J connectivity index is 2.31. The Morgan fingerprint density at radius 1 is 1.47 bits per heavy atom. The van der Waals surface area contributed by atoms with Gasteiger partial charge in [-0.25, -0.2) is 0 Å². The Morgan fingerprint density at radius 2 is 2.24 bits per heavy atom. The fraction of sp³-hybridized carbons (Fsp3) is 0.462. The fourth-order valence-corrected chi connectivity index (χ4v) is 2.25. The van der Waals surface area contributed by atoms with Gasteiger partial charge in [0.05, 0.1) is 11.4 Å². The van der Waals surface area contributed by atoms with Crippen LogP contribution in [0.2, 0.25) is 0 Å². The SMILES string of the molecule is CNCC(C)N1CCC(=O)Nc2ccccc21. The minimum Gasteiger partial charge on any atom is -0.365 e. The largest absolute Gasteiger partial charge is 0.365 e. The molecule has 1 heterocycles. The molecule has 0 saturated carbocycles. The molecule has 2 rings (SSSR count). The third-order valence-electron chi connectivity index (χ3n) is 3.10. The second kappa shape index (κ2) is 5.19. The van der Waals surface area contributed by atoms with Crippen LogP contribution < -0.4 is 15.5 Å². The van der Waals surface area contributed by atoms with Crippen LogP contribution in [0.1, 0.15) is 13.3 Å². The second-order valence-corrected chi connectivity index (χ2v) is 4.42. The van der Waals surface area contributed by atoms with Gasteiger partial charge in [-0.05, 0) is 26.1 Å². The first-order chi connectivity index (χ1) is 8.22. The van der Waals surface area contributed by atoms with Crippen LogP contribution in [0.25, 0.3) is 0 Å². The number of benzene rings is 1. The normalized spacial score (nSPS) is 17.1. The van der Waals surface area contributed by atoms with E-state index in [4.69, 9.17) is 0 Å². The van der Waals surface area contributed by atoms with Crippen molar-refractivity contribution in [3.8, 4) is 0 Å². The lowest BCUT2D eigenvalue weighted by Gasteiger charge is -2.30. The number of fused-ring (bicyclic) bond motifs is 1. The minimum absolute atomic E-state index is 0.0941. The number of hydrogen-bond acceptors (Lipinski definition) is 3. The van der Waals surface area contributed by atoms with E-state index in [-0.39, 0.29) is 5.91 Å². The van der Waals surface area contributed by atoms with Crippen LogP contribution in [0.15, 0.2) is 24.3 Å². The molecule has 4 heteroatoms. The molecule has 0 spiro atoms. The molecule has 1 aromatic rings. The van der Waals surface area contributed by atoms with Crippen molar-refractivity contribution in [1.82, 2.24) is 5.32 Å². The summed E-state index contributed by atoms with van der Waals surface area (Å²) in [6.45, 7) is 3.84. The molecule has 0 fully saturated rings. The summed E-state index contributed by atoms with van der Waals surface area (Å²) in [7, 11) is 1.95. The first-order valence-electron chi connectivity index (χ1n) is 6.02. The molecular formula is C13H19N3O. The first-order valence-corrected chi connectivity index (χ1v) is 6.02. The second-order valence-electron chi connectivity index (χ2n) is 4.42. The zero-order chi connectivity index (χ0) is 12.3. The van der Waals surface area contributed by atoms with Crippen molar-refractivity contribution in [2.45, 2.75) is 19.4 Å². The number of likely N-dealkylation sites (N-methyl/N-ethyl adjacent to an activating group) is 1. The van der Waals surface area contributed by atoms with Gasteiger partial charge < -0.3 is 15.5 Å². The summed E-state index contributed by atoms with van der Waals surface area (Å²) < 4.78 is 0. The van der Waals surface area contributed by atoms with Gasteiger partial charge in [-0.3, -0.25) is 4.79 Å². The van der Waals surface area contributed by atoms with Gasteiger partial charge in [-0.2, -0.15) is 0 Å². The molecule has 0 aliphatic carbocycles. The van der Waals surface area contributed by atoms with E-state index in [1.54, 1.807) is 0 Å². The number of rotatable bonds is 3. The van der Waals surface area contributed by atoms with Gasteiger partial charge in [-0.1, -0.05) is 12.1 Å². The van der Waals surface area contributed by atoms with Crippen LogP contribution in [0.4, 0.5) is 11.4 Å². The smallest absolute Gasteiger partial charge is 0.226 e. The lowest BCUT2D eigenvalue weighted by atomic mass is 10.2. The molecule has 0 radical (unpaired) electrons. The molecule has 1 aromatic carbocycles. The summed E-state index contributed by atoms with van der Waals surface area (Å²) >= 11 is 0. The van der Waals surface area contributed by atoms with Crippen molar-refractivity contribution in [2.24, 2.45) is 0 Å². The summed E-state index contributed by atoms with van der Waals surface area (Å²) in [5, 5.41) is 6.13. The lowest BCUT2D eigenvalue weighted by molar-refractivity contribution is -0.115. The van der Waals surface area contributed by atoms with Crippen molar-refractivity contribution >= 4 is 17.3 Å². The standard InChI is InChI=1S/C13H19N3O/c1-10(9-14-2)16-8-7-13(17)15-11-5-3-4-6-12(11)16/h3-6,10,14H,7-9H2,1-2H3,(H,15,17). The van der Waals surface area contributed by atoms with Crippen molar-refractivity contribution in [2.75, 3.05) is 30.4 Å². The Bertz CT molecular complexity index is 405. The van der Waals surface area contributed by atoms with Crippen LogP contribution in [0.5, 0.6) is 0 Å². The molecule has 17 heavy (non-hydrogen) atoms. The Hall–Kier alpha value is -1.55. The predicted octanol–water partition coefficient (Wildman–Crippen LogP) is 1.44. The number of amides is 1. The summed E-state index contributed by atoms with van der Waals surface area (Å²) in [4.78, 5) is 13.9. The molecule has 1 atom stereocenters. The maximum absolute atomic E-state index is 11.6.